The Hall–Kier alpha value is -5.13. The number of hydrogen-bond donors (Lipinski definition) is 0. The van der Waals surface area contributed by atoms with Gasteiger partial charge in [0, 0.05) is 21.5 Å². The first-order valence-electron chi connectivity index (χ1n) is 14.3. The monoisotopic (exact) mass is 576 g/mol. The largest absolute Gasteiger partial charge is 0.456 e. The number of benzene rings is 6. The van der Waals surface area contributed by atoms with Crippen molar-refractivity contribution < 1.29 is 17.3 Å². The van der Waals surface area contributed by atoms with Gasteiger partial charge in [-0.2, -0.15) is 0 Å². The fourth-order valence-corrected chi connectivity index (χ4v) is 8.15. The van der Waals surface area contributed by atoms with Crippen molar-refractivity contribution in [1.82, 2.24) is 0 Å². The Balaban J connectivity index is 1.20. The van der Waals surface area contributed by atoms with Gasteiger partial charge in [-0.05, 0) is 93.0 Å². The lowest BCUT2D eigenvalue weighted by molar-refractivity contribution is 0.595. The van der Waals surface area contributed by atoms with Crippen molar-refractivity contribution in [3.8, 4) is 33.4 Å². The molecule has 5 heteroatoms. The molecule has 3 heterocycles. The van der Waals surface area contributed by atoms with Crippen LogP contribution >= 0.6 is 0 Å². The van der Waals surface area contributed by atoms with Crippen LogP contribution < -0.4 is 0 Å². The molecule has 4 nitrogen and oxygen atoms in total. The van der Waals surface area contributed by atoms with E-state index in [-0.39, 0.29) is 11.5 Å². The highest BCUT2D eigenvalue weighted by Crippen LogP contribution is 2.40. The van der Waals surface area contributed by atoms with E-state index in [4.69, 9.17) is 8.83 Å². The lowest BCUT2D eigenvalue weighted by atomic mass is 9.90. The van der Waals surface area contributed by atoms with Gasteiger partial charge in [0.1, 0.15) is 22.3 Å². The number of sulfone groups is 1. The minimum Gasteiger partial charge on any atom is -0.456 e. The average molecular weight is 577 g/mol. The van der Waals surface area contributed by atoms with Crippen LogP contribution in [0.2, 0.25) is 0 Å². The van der Waals surface area contributed by atoms with Crippen molar-refractivity contribution >= 4 is 53.7 Å². The molecule has 0 fully saturated rings. The molecule has 0 aliphatic carbocycles. The summed E-state index contributed by atoms with van der Waals surface area (Å²) in [7, 11) is -3.32. The third-order valence-electron chi connectivity index (χ3n) is 8.68. The lowest BCUT2D eigenvalue weighted by Crippen LogP contribution is -2.05. The Labute approximate surface area is 247 Å². The maximum atomic E-state index is 13.1. The zero-order valence-electron chi connectivity index (χ0n) is 23.0. The third-order valence-corrected chi connectivity index (χ3v) is 10.2. The zero-order chi connectivity index (χ0) is 28.7. The van der Waals surface area contributed by atoms with Gasteiger partial charge >= 0.3 is 0 Å². The summed E-state index contributed by atoms with van der Waals surface area (Å²) < 4.78 is 38.6. The zero-order valence-corrected chi connectivity index (χ0v) is 23.8. The van der Waals surface area contributed by atoms with E-state index in [2.05, 4.69) is 60.7 Å². The Morgan fingerprint density at radius 3 is 1.30 bits per heavy atom. The smallest absolute Gasteiger partial charge is 0.158 e. The first-order valence-corrected chi connectivity index (χ1v) is 16.1. The van der Waals surface area contributed by atoms with Gasteiger partial charge in [-0.25, -0.2) is 8.42 Å². The van der Waals surface area contributed by atoms with Crippen molar-refractivity contribution in [2.24, 2.45) is 0 Å². The molecule has 0 radical (unpaired) electrons. The number of para-hydroxylation sites is 2. The molecule has 0 spiro atoms. The standard InChI is InChI=1S/C38H24O4S/c39-43(40)21-27-11-9-23(25-13-15-31-29-5-1-3-7-35(29)41-37(31)19-25)17-33(27)34-18-24(10-12-28(34)22-43)26-14-16-32-30-6-2-4-8-36(30)42-38(32)20-26/h1-20H,21-22H2. The van der Waals surface area contributed by atoms with Crippen LogP contribution in [0.3, 0.4) is 0 Å². The fraction of sp³-hybridized carbons (Fsp3) is 0.0526. The molecule has 0 saturated heterocycles. The van der Waals surface area contributed by atoms with Crippen molar-refractivity contribution in [2.45, 2.75) is 11.5 Å². The molecule has 1 aliphatic rings. The minimum atomic E-state index is -3.32. The van der Waals surface area contributed by atoms with Gasteiger partial charge in [0.25, 0.3) is 0 Å². The van der Waals surface area contributed by atoms with Gasteiger partial charge in [0.2, 0.25) is 0 Å². The Morgan fingerprint density at radius 1 is 0.419 bits per heavy atom. The molecule has 1 aliphatic heterocycles. The molecule has 8 aromatic rings. The van der Waals surface area contributed by atoms with Crippen LogP contribution in [0.25, 0.3) is 77.3 Å². The van der Waals surface area contributed by atoms with Gasteiger partial charge < -0.3 is 8.83 Å². The molecule has 6 aromatic carbocycles. The summed E-state index contributed by atoms with van der Waals surface area (Å²) in [6.45, 7) is 0. The Kier molecular flexibility index (Phi) is 5.08. The van der Waals surface area contributed by atoms with E-state index in [0.717, 1.165) is 88.4 Å². The maximum absolute atomic E-state index is 13.1. The number of hydrogen-bond acceptors (Lipinski definition) is 4. The van der Waals surface area contributed by atoms with Crippen LogP contribution in [-0.2, 0) is 21.3 Å². The number of rotatable bonds is 2. The van der Waals surface area contributed by atoms with Crippen molar-refractivity contribution in [3.63, 3.8) is 0 Å². The normalized spacial score (nSPS) is 14.2. The molecule has 206 valence electrons. The fourth-order valence-electron chi connectivity index (χ4n) is 6.60. The van der Waals surface area contributed by atoms with Crippen LogP contribution in [0.15, 0.2) is 130 Å². The first kappa shape index (κ1) is 24.5. The highest BCUT2D eigenvalue weighted by molar-refractivity contribution is 7.89. The maximum Gasteiger partial charge on any atom is 0.158 e. The van der Waals surface area contributed by atoms with Gasteiger partial charge in [-0.1, -0.05) is 72.8 Å². The summed E-state index contributed by atoms with van der Waals surface area (Å²) in [6, 6.07) is 40.9. The Bertz CT molecular complexity index is 2360. The molecule has 0 atom stereocenters. The third kappa shape index (κ3) is 3.93. The predicted octanol–water partition coefficient (Wildman–Crippen LogP) is 9.91. The molecule has 0 unspecified atom stereocenters. The molecular weight excluding hydrogens is 552 g/mol. The van der Waals surface area contributed by atoms with Crippen LogP contribution in [0.1, 0.15) is 11.1 Å². The second kappa shape index (κ2) is 8.93. The highest BCUT2D eigenvalue weighted by Gasteiger charge is 2.25. The molecule has 0 N–H and O–H groups in total. The summed E-state index contributed by atoms with van der Waals surface area (Å²) in [5, 5.41) is 4.35. The van der Waals surface area contributed by atoms with Crippen molar-refractivity contribution in [2.75, 3.05) is 0 Å². The molecule has 0 saturated carbocycles. The van der Waals surface area contributed by atoms with Gasteiger partial charge in [0.15, 0.2) is 9.84 Å². The number of furan rings is 2. The summed E-state index contributed by atoms with van der Waals surface area (Å²) in [5.74, 6) is 0.0281. The van der Waals surface area contributed by atoms with Crippen molar-refractivity contribution in [3.05, 3.63) is 132 Å². The SMILES string of the molecule is O=S1(=O)Cc2ccc(-c3ccc4c(c3)oc3ccccc34)cc2-c2cc(-c3ccc4c(c3)oc3ccccc34)ccc2C1. The summed E-state index contributed by atoms with van der Waals surface area (Å²) >= 11 is 0. The quantitative estimate of drug-likeness (QED) is 0.205. The molecule has 0 bridgehead atoms. The first-order chi connectivity index (χ1) is 21.0. The summed E-state index contributed by atoms with van der Waals surface area (Å²) in [6.07, 6.45) is 0. The number of fused-ring (bicyclic) bond motifs is 9. The van der Waals surface area contributed by atoms with Gasteiger partial charge in [-0.3, -0.25) is 0 Å². The van der Waals surface area contributed by atoms with E-state index in [1.807, 2.05) is 60.7 Å². The topological polar surface area (TPSA) is 60.4 Å². The van der Waals surface area contributed by atoms with E-state index in [9.17, 15) is 8.42 Å². The van der Waals surface area contributed by atoms with Crippen LogP contribution in [-0.4, -0.2) is 8.42 Å². The molecular formula is C38H24O4S. The average Bonchev–Trinajstić information content (AvgIpc) is 3.55. The minimum absolute atomic E-state index is 0.0141. The van der Waals surface area contributed by atoms with E-state index in [1.54, 1.807) is 0 Å². The van der Waals surface area contributed by atoms with Crippen LogP contribution in [0.5, 0.6) is 0 Å². The van der Waals surface area contributed by atoms with E-state index >= 15 is 0 Å². The van der Waals surface area contributed by atoms with Gasteiger partial charge in [0.05, 0.1) is 11.5 Å². The van der Waals surface area contributed by atoms with E-state index < -0.39 is 9.84 Å². The predicted molar refractivity (Wildman–Crippen MR) is 174 cm³/mol. The summed E-state index contributed by atoms with van der Waals surface area (Å²) in [5.41, 5.74) is 11.0. The molecule has 0 amide bonds. The van der Waals surface area contributed by atoms with Crippen molar-refractivity contribution in [1.29, 1.82) is 0 Å². The second-order valence-corrected chi connectivity index (χ2v) is 13.5. The van der Waals surface area contributed by atoms with E-state index in [1.165, 1.54) is 0 Å². The lowest BCUT2D eigenvalue weighted by Gasteiger charge is -2.13. The molecule has 2 aromatic heterocycles. The highest BCUT2D eigenvalue weighted by atomic mass is 32.2. The van der Waals surface area contributed by atoms with Gasteiger partial charge in [-0.15, -0.1) is 0 Å². The summed E-state index contributed by atoms with van der Waals surface area (Å²) in [4.78, 5) is 0. The second-order valence-electron chi connectivity index (χ2n) is 11.4. The molecule has 43 heavy (non-hydrogen) atoms. The molecule has 9 rings (SSSR count). The van der Waals surface area contributed by atoms with Crippen LogP contribution in [0, 0.1) is 0 Å². The van der Waals surface area contributed by atoms with E-state index in [0.29, 0.717) is 0 Å². The Morgan fingerprint density at radius 2 is 0.814 bits per heavy atom. The van der Waals surface area contributed by atoms with Crippen LogP contribution in [0.4, 0.5) is 0 Å².